The Morgan fingerprint density at radius 2 is 2.09 bits per heavy atom. The standard InChI is InChI=1S/C25H41N5O3/c1-5-7-10-19-23(18(3)6-2)29-15-16-33-21-12-9-13-27-20(21)11-8-14-28-22(31)17-30-25(32)24(19)26-4/h9-10,12-13,18,23-24,26,29H,5-8,11,14-17H2,1-4H3,(H,28,31)(H,30,32)/b19-10+. The van der Waals surface area contributed by atoms with Crippen molar-refractivity contribution in [3.63, 3.8) is 0 Å². The van der Waals surface area contributed by atoms with Gasteiger partial charge in [-0.3, -0.25) is 14.6 Å². The fourth-order valence-corrected chi connectivity index (χ4v) is 4.00. The summed E-state index contributed by atoms with van der Waals surface area (Å²) in [6.07, 6.45) is 8.21. The van der Waals surface area contributed by atoms with Crippen molar-refractivity contribution in [2.24, 2.45) is 5.92 Å². The zero-order chi connectivity index (χ0) is 24.1. The monoisotopic (exact) mass is 459 g/mol. The molecular weight excluding hydrogens is 418 g/mol. The van der Waals surface area contributed by atoms with Gasteiger partial charge in [-0.1, -0.05) is 39.7 Å². The third-order valence-electron chi connectivity index (χ3n) is 6.03. The van der Waals surface area contributed by atoms with Crippen LogP contribution in [0.25, 0.3) is 0 Å². The lowest BCUT2D eigenvalue weighted by atomic mass is 9.86. The molecule has 3 unspecified atom stereocenters. The number of fused-ring (bicyclic) bond motifs is 1. The van der Waals surface area contributed by atoms with E-state index in [-0.39, 0.29) is 24.4 Å². The van der Waals surface area contributed by atoms with Crippen LogP contribution in [0.5, 0.6) is 5.75 Å². The number of nitrogens with zero attached hydrogens (tertiary/aromatic N) is 1. The van der Waals surface area contributed by atoms with E-state index in [9.17, 15) is 9.59 Å². The van der Waals surface area contributed by atoms with Crippen LogP contribution in [0.3, 0.4) is 0 Å². The van der Waals surface area contributed by atoms with Crippen LogP contribution in [0.2, 0.25) is 0 Å². The maximum absolute atomic E-state index is 13.1. The summed E-state index contributed by atoms with van der Waals surface area (Å²) in [5.41, 5.74) is 1.90. The molecule has 1 aromatic rings. The number of carbonyl (C=O) groups excluding carboxylic acids is 2. The molecule has 1 aliphatic heterocycles. The van der Waals surface area contributed by atoms with Crippen molar-refractivity contribution in [2.75, 3.05) is 33.3 Å². The van der Waals surface area contributed by atoms with Crippen molar-refractivity contribution in [1.29, 1.82) is 0 Å². The third-order valence-corrected chi connectivity index (χ3v) is 6.03. The van der Waals surface area contributed by atoms with E-state index in [0.717, 1.165) is 42.7 Å². The summed E-state index contributed by atoms with van der Waals surface area (Å²) in [5.74, 6) is 0.704. The second-order valence-electron chi connectivity index (χ2n) is 8.50. The second kappa shape index (κ2) is 14.6. The molecule has 2 heterocycles. The van der Waals surface area contributed by atoms with Gasteiger partial charge in [0.1, 0.15) is 18.4 Å². The topological polar surface area (TPSA) is 104 Å². The highest BCUT2D eigenvalue weighted by Gasteiger charge is 2.30. The van der Waals surface area contributed by atoms with Crippen molar-refractivity contribution in [1.82, 2.24) is 26.3 Å². The minimum absolute atomic E-state index is 0.00577. The van der Waals surface area contributed by atoms with Crippen LogP contribution in [0.4, 0.5) is 0 Å². The molecular formula is C25H41N5O3. The molecule has 0 fully saturated rings. The highest BCUT2D eigenvalue weighted by atomic mass is 16.5. The van der Waals surface area contributed by atoms with Gasteiger partial charge in [-0.05, 0) is 49.9 Å². The average Bonchev–Trinajstić information content (AvgIpc) is 2.83. The first-order valence-corrected chi connectivity index (χ1v) is 12.2. The second-order valence-corrected chi connectivity index (χ2v) is 8.50. The predicted molar refractivity (Wildman–Crippen MR) is 131 cm³/mol. The van der Waals surface area contributed by atoms with E-state index in [4.69, 9.17) is 4.74 Å². The SMILES string of the molecule is CCC/C=C1/C(NC)C(=O)NCC(=O)NCCCc2ncccc2OCCNC1C(C)CC. The Hall–Kier alpha value is -2.45. The fourth-order valence-electron chi connectivity index (χ4n) is 4.00. The van der Waals surface area contributed by atoms with Crippen LogP contribution >= 0.6 is 0 Å². The molecule has 0 spiro atoms. The lowest BCUT2D eigenvalue weighted by Gasteiger charge is -2.32. The number of nitrogens with one attached hydrogen (secondary N) is 4. The first-order chi connectivity index (χ1) is 16.0. The first-order valence-electron chi connectivity index (χ1n) is 12.2. The first kappa shape index (κ1) is 26.8. The Kier molecular flexibility index (Phi) is 11.9. The van der Waals surface area contributed by atoms with Crippen LogP contribution in [0, 0.1) is 5.92 Å². The van der Waals surface area contributed by atoms with Crippen molar-refractivity contribution in [2.45, 2.75) is 65.0 Å². The number of carbonyl (C=O) groups is 2. The van der Waals surface area contributed by atoms with Gasteiger partial charge in [0, 0.05) is 25.3 Å². The van der Waals surface area contributed by atoms with E-state index in [2.05, 4.69) is 53.1 Å². The summed E-state index contributed by atoms with van der Waals surface area (Å²) in [6.45, 7) is 8.09. The molecule has 3 atom stereocenters. The lowest BCUT2D eigenvalue weighted by molar-refractivity contribution is -0.126. The smallest absolute Gasteiger partial charge is 0.241 e. The number of ether oxygens (including phenoxy) is 1. The Bertz CT molecular complexity index is 783. The summed E-state index contributed by atoms with van der Waals surface area (Å²) in [6, 6.07) is 3.30. The number of aryl methyl sites for hydroxylation is 1. The summed E-state index contributed by atoms with van der Waals surface area (Å²) in [5, 5.41) is 12.5. The largest absolute Gasteiger partial charge is 0.490 e. The van der Waals surface area contributed by atoms with Gasteiger partial charge < -0.3 is 26.0 Å². The number of unbranched alkanes of at least 4 members (excludes halogenated alkanes) is 1. The molecule has 1 aliphatic rings. The van der Waals surface area contributed by atoms with Crippen molar-refractivity contribution in [3.05, 3.63) is 35.7 Å². The van der Waals surface area contributed by atoms with Crippen LogP contribution in [0.15, 0.2) is 30.0 Å². The van der Waals surface area contributed by atoms with Gasteiger partial charge in [-0.15, -0.1) is 0 Å². The third kappa shape index (κ3) is 8.44. The van der Waals surface area contributed by atoms with Crippen molar-refractivity contribution >= 4 is 11.8 Å². The number of hydrogen-bond acceptors (Lipinski definition) is 6. The van der Waals surface area contributed by atoms with Crippen LogP contribution in [-0.4, -0.2) is 62.2 Å². The molecule has 184 valence electrons. The predicted octanol–water partition coefficient (Wildman–Crippen LogP) is 1.96. The van der Waals surface area contributed by atoms with E-state index >= 15 is 0 Å². The number of hydrogen-bond donors (Lipinski definition) is 4. The van der Waals surface area contributed by atoms with Crippen LogP contribution in [-0.2, 0) is 16.0 Å². The van der Waals surface area contributed by atoms with Gasteiger partial charge in [0.25, 0.3) is 0 Å². The van der Waals surface area contributed by atoms with Crippen molar-refractivity contribution in [3.8, 4) is 5.75 Å². The number of pyridine rings is 1. The highest BCUT2D eigenvalue weighted by Crippen LogP contribution is 2.21. The molecule has 0 bridgehead atoms. The summed E-state index contributed by atoms with van der Waals surface area (Å²) in [7, 11) is 1.79. The van der Waals surface area contributed by atoms with E-state index in [1.165, 1.54) is 0 Å². The molecule has 8 heteroatoms. The fraction of sp³-hybridized carbons (Fsp3) is 0.640. The van der Waals surface area contributed by atoms with Crippen molar-refractivity contribution < 1.29 is 14.3 Å². The Morgan fingerprint density at radius 3 is 2.82 bits per heavy atom. The number of allylic oxidation sites excluding steroid dienone is 1. The number of amides is 2. The zero-order valence-electron chi connectivity index (χ0n) is 20.6. The minimum atomic E-state index is -0.516. The number of aromatic nitrogens is 1. The molecule has 1 aromatic heterocycles. The molecule has 33 heavy (non-hydrogen) atoms. The van der Waals surface area contributed by atoms with E-state index < -0.39 is 6.04 Å². The summed E-state index contributed by atoms with van der Waals surface area (Å²) < 4.78 is 6.06. The lowest BCUT2D eigenvalue weighted by Crippen LogP contribution is -2.52. The Balaban J connectivity index is 2.30. The molecule has 0 saturated heterocycles. The van der Waals surface area contributed by atoms with E-state index in [0.29, 0.717) is 32.0 Å². The maximum atomic E-state index is 13.1. The summed E-state index contributed by atoms with van der Waals surface area (Å²) >= 11 is 0. The van der Waals surface area contributed by atoms with Gasteiger partial charge in [0.2, 0.25) is 11.8 Å². The normalized spacial score (nSPS) is 23.6. The molecule has 2 rings (SSSR count). The number of rotatable bonds is 5. The molecule has 8 nitrogen and oxygen atoms in total. The quantitative estimate of drug-likeness (QED) is 0.502. The molecule has 0 aromatic carbocycles. The molecule has 4 N–H and O–H groups in total. The maximum Gasteiger partial charge on any atom is 0.241 e. The van der Waals surface area contributed by atoms with Crippen LogP contribution < -0.4 is 26.0 Å². The highest BCUT2D eigenvalue weighted by molar-refractivity contribution is 5.89. The number of likely N-dealkylation sites (N-methyl/N-ethyl adjacent to an activating group) is 1. The average molecular weight is 460 g/mol. The van der Waals surface area contributed by atoms with E-state index in [1.807, 2.05) is 12.1 Å². The van der Waals surface area contributed by atoms with Gasteiger partial charge in [0.05, 0.1) is 12.2 Å². The van der Waals surface area contributed by atoms with Gasteiger partial charge in [-0.2, -0.15) is 0 Å². The molecule has 0 aliphatic carbocycles. The van der Waals surface area contributed by atoms with Crippen LogP contribution in [0.1, 0.15) is 52.1 Å². The van der Waals surface area contributed by atoms with Gasteiger partial charge in [-0.25, -0.2) is 0 Å². The van der Waals surface area contributed by atoms with Gasteiger partial charge in [0.15, 0.2) is 0 Å². The Labute approximate surface area is 198 Å². The molecule has 0 radical (unpaired) electrons. The zero-order valence-corrected chi connectivity index (χ0v) is 20.6. The Morgan fingerprint density at radius 1 is 1.27 bits per heavy atom. The summed E-state index contributed by atoms with van der Waals surface area (Å²) in [4.78, 5) is 29.8. The van der Waals surface area contributed by atoms with E-state index in [1.54, 1.807) is 13.2 Å². The molecule has 0 saturated carbocycles. The van der Waals surface area contributed by atoms with Gasteiger partial charge >= 0.3 is 0 Å². The minimum Gasteiger partial charge on any atom is -0.490 e. The molecule has 2 amide bonds.